The molecule has 2 fully saturated rings. The number of nitrogens with two attached hydrogens (primary N) is 1. The predicted molar refractivity (Wildman–Crippen MR) is 197 cm³/mol. The van der Waals surface area contributed by atoms with E-state index in [9.17, 15) is 18.0 Å². The maximum Gasteiger partial charge on any atom is 0.264 e. The molecule has 3 N–H and O–H groups in total. The highest BCUT2D eigenvalue weighted by atomic mass is 32.2. The number of methoxy groups -OCH3 is 1. The van der Waals surface area contributed by atoms with Gasteiger partial charge in [0.05, 0.1) is 49.6 Å². The van der Waals surface area contributed by atoms with Gasteiger partial charge in [0.1, 0.15) is 5.75 Å². The highest BCUT2D eigenvalue weighted by Crippen LogP contribution is 2.47. The third-order valence-corrected chi connectivity index (χ3v) is 11.4. The number of nitrogens with one attached hydrogen (secondary N) is 1. The fraction of sp³-hybridized carbons (Fsp3) is 0.447. The largest absolute Gasteiger partial charge is 0.497 e. The van der Waals surface area contributed by atoms with Crippen molar-refractivity contribution in [1.82, 2.24) is 14.2 Å². The summed E-state index contributed by atoms with van der Waals surface area (Å²) in [6, 6.07) is 11.5. The Kier molecular flexibility index (Phi) is 10.5. The summed E-state index contributed by atoms with van der Waals surface area (Å²) in [6.45, 7) is 5.74. The van der Waals surface area contributed by atoms with E-state index >= 15 is 0 Å². The second-order valence-corrected chi connectivity index (χ2v) is 15.5. The molecule has 2 amide bonds. The number of benzene rings is 2. The fourth-order valence-corrected chi connectivity index (χ4v) is 8.99. The Bertz CT molecular complexity index is 2000. The summed E-state index contributed by atoms with van der Waals surface area (Å²) >= 11 is 0. The number of aliphatic imine (C=N–C) groups is 1. The molecule has 266 valence electrons. The van der Waals surface area contributed by atoms with Crippen LogP contribution >= 0.6 is 0 Å². The van der Waals surface area contributed by atoms with Crippen molar-refractivity contribution in [3.8, 4) is 17.0 Å². The number of aromatic nitrogens is 1. The number of amides is 2. The van der Waals surface area contributed by atoms with Gasteiger partial charge in [0.2, 0.25) is 10.0 Å². The molecule has 3 heterocycles. The number of sulfonamides is 1. The van der Waals surface area contributed by atoms with E-state index in [-0.39, 0.29) is 23.1 Å². The van der Waals surface area contributed by atoms with E-state index in [0.717, 1.165) is 59.0 Å². The molecule has 6 rings (SSSR count). The molecule has 3 aliphatic rings. The number of carbonyl (C=O) groups excluding carboxylic acids is 2. The molecule has 0 radical (unpaired) electrons. The highest BCUT2D eigenvalue weighted by molar-refractivity contribution is 7.90. The molecule has 12 heteroatoms. The predicted octanol–water partition coefficient (Wildman–Crippen LogP) is 5.25. The van der Waals surface area contributed by atoms with Crippen LogP contribution in [0.2, 0.25) is 0 Å². The van der Waals surface area contributed by atoms with E-state index in [1.165, 1.54) is 18.2 Å². The molecule has 0 spiro atoms. The first-order chi connectivity index (χ1) is 24.0. The van der Waals surface area contributed by atoms with E-state index < -0.39 is 15.9 Å². The number of hydrogen-bond donors (Lipinski definition) is 2. The van der Waals surface area contributed by atoms with Crippen molar-refractivity contribution in [2.24, 2.45) is 16.6 Å². The van der Waals surface area contributed by atoms with Gasteiger partial charge in [0.15, 0.2) is 0 Å². The van der Waals surface area contributed by atoms with Crippen LogP contribution in [0.4, 0.5) is 0 Å². The second-order valence-electron chi connectivity index (χ2n) is 13.7. The van der Waals surface area contributed by atoms with E-state index in [4.69, 9.17) is 15.2 Å². The molecule has 50 heavy (non-hydrogen) atoms. The van der Waals surface area contributed by atoms with Crippen LogP contribution in [0.3, 0.4) is 0 Å². The topological polar surface area (TPSA) is 145 Å². The Morgan fingerprint density at radius 2 is 1.84 bits per heavy atom. The van der Waals surface area contributed by atoms with Crippen LogP contribution < -0.4 is 15.2 Å². The Hall–Kier alpha value is -4.42. The summed E-state index contributed by atoms with van der Waals surface area (Å²) in [6.07, 6.45) is 8.93. The average molecular weight is 702 g/mol. The minimum absolute atomic E-state index is 0.136. The van der Waals surface area contributed by atoms with Crippen molar-refractivity contribution in [3.05, 3.63) is 70.4 Å². The molecule has 1 aromatic heterocycles. The lowest BCUT2D eigenvalue weighted by Crippen LogP contribution is -2.43. The summed E-state index contributed by atoms with van der Waals surface area (Å²) in [5.41, 5.74) is 12.9. The molecule has 1 saturated carbocycles. The number of carbonyl (C=O) groups is 2. The molecule has 1 aliphatic carbocycles. The Labute approximate surface area is 294 Å². The zero-order chi connectivity index (χ0) is 35.6. The highest BCUT2D eigenvalue weighted by Gasteiger charge is 2.32. The number of nitrogens with zero attached hydrogens (tertiary/aromatic N) is 3. The van der Waals surface area contributed by atoms with E-state index in [1.54, 1.807) is 45.0 Å². The van der Waals surface area contributed by atoms with Gasteiger partial charge in [-0.1, -0.05) is 39.2 Å². The molecule has 2 aromatic carbocycles. The summed E-state index contributed by atoms with van der Waals surface area (Å²) < 4.78 is 41.1. The average Bonchev–Trinajstić information content (AvgIpc) is 3.32. The Morgan fingerprint density at radius 3 is 2.50 bits per heavy atom. The SMILES string of the molecule is CN=C(C1=Cc2cc(OC)ccc2-c2c(C3CCCCC3)c3ccc(C(=O)NS(=O)(=O)CC(C)C)cc3n2C1)C(=CN)C(=O)N1CCOCC1. The van der Waals surface area contributed by atoms with Crippen molar-refractivity contribution in [1.29, 1.82) is 0 Å². The molecule has 0 bridgehead atoms. The minimum atomic E-state index is -3.82. The maximum absolute atomic E-state index is 13.9. The van der Waals surface area contributed by atoms with Gasteiger partial charge in [-0.15, -0.1) is 0 Å². The molecular formula is C38H47N5O6S. The Balaban J connectivity index is 1.55. The van der Waals surface area contributed by atoms with Gasteiger partial charge in [-0.2, -0.15) is 0 Å². The van der Waals surface area contributed by atoms with Crippen molar-refractivity contribution < 1.29 is 27.5 Å². The van der Waals surface area contributed by atoms with Crippen LogP contribution in [0, 0.1) is 5.92 Å². The van der Waals surface area contributed by atoms with Gasteiger partial charge in [-0.25, -0.2) is 13.1 Å². The third kappa shape index (κ3) is 7.09. The summed E-state index contributed by atoms with van der Waals surface area (Å²) in [5, 5.41) is 1.02. The van der Waals surface area contributed by atoms with Crippen molar-refractivity contribution in [2.45, 2.75) is 58.4 Å². The van der Waals surface area contributed by atoms with Crippen LogP contribution in [0.1, 0.15) is 73.4 Å². The second kappa shape index (κ2) is 14.8. The molecule has 0 atom stereocenters. The van der Waals surface area contributed by atoms with Gasteiger partial charge in [0.25, 0.3) is 11.8 Å². The zero-order valence-corrected chi connectivity index (χ0v) is 30.1. The third-order valence-electron chi connectivity index (χ3n) is 9.83. The summed E-state index contributed by atoms with van der Waals surface area (Å²) in [7, 11) is -0.527. The van der Waals surface area contributed by atoms with Crippen molar-refractivity contribution in [3.63, 3.8) is 0 Å². The fourth-order valence-electron chi connectivity index (χ4n) is 7.63. The lowest BCUT2D eigenvalue weighted by molar-refractivity contribution is -0.130. The Morgan fingerprint density at radius 1 is 1.10 bits per heavy atom. The maximum atomic E-state index is 13.9. The standard InChI is InChI=1S/C38H47N5O6S/c1-24(2)23-50(46,47)41-37(44)26-10-12-31-33(20-26)43-22-28(35(40-3)32(21-39)38(45)42-14-16-49-17-15-42)18-27-19-29(48-4)11-13-30(27)36(43)34(31)25-8-6-5-7-9-25/h10-13,18-21,24-25H,5-9,14-17,22-23,39H2,1-4H3,(H,41,44). The molecular weight excluding hydrogens is 655 g/mol. The van der Waals surface area contributed by atoms with Crippen LogP contribution in [-0.2, 0) is 26.1 Å². The van der Waals surface area contributed by atoms with Crippen LogP contribution in [0.25, 0.3) is 28.2 Å². The number of ether oxygens (including phenoxy) is 2. The lowest BCUT2D eigenvalue weighted by atomic mass is 9.81. The number of allylic oxidation sites excluding steroid dienone is 1. The van der Waals surface area contributed by atoms with Crippen LogP contribution in [-0.4, -0.2) is 81.6 Å². The number of morpholine rings is 1. The van der Waals surface area contributed by atoms with Crippen molar-refractivity contribution >= 4 is 44.5 Å². The number of fused-ring (bicyclic) bond motifs is 5. The first kappa shape index (κ1) is 35.4. The van der Waals surface area contributed by atoms with Gasteiger partial charge in [-0.05, 0) is 77.8 Å². The van der Waals surface area contributed by atoms with Crippen LogP contribution in [0.5, 0.6) is 5.75 Å². The van der Waals surface area contributed by atoms with Gasteiger partial charge < -0.3 is 24.7 Å². The van der Waals surface area contributed by atoms with Crippen molar-refractivity contribution in [2.75, 3.05) is 46.2 Å². The van der Waals surface area contributed by atoms with Gasteiger partial charge in [0, 0.05) is 48.4 Å². The number of rotatable bonds is 9. The summed E-state index contributed by atoms with van der Waals surface area (Å²) in [4.78, 5) is 33.7. The normalized spacial score (nSPS) is 17.6. The van der Waals surface area contributed by atoms with E-state index in [0.29, 0.717) is 55.8 Å². The molecule has 1 saturated heterocycles. The number of hydrogen-bond acceptors (Lipinski definition) is 8. The monoisotopic (exact) mass is 701 g/mol. The van der Waals surface area contributed by atoms with Crippen LogP contribution in [0.15, 0.2) is 58.7 Å². The van der Waals surface area contributed by atoms with E-state index in [1.807, 2.05) is 18.2 Å². The van der Waals surface area contributed by atoms with E-state index in [2.05, 4.69) is 26.4 Å². The lowest BCUT2D eigenvalue weighted by Gasteiger charge is -2.28. The first-order valence-electron chi connectivity index (χ1n) is 17.4. The minimum Gasteiger partial charge on any atom is -0.497 e. The molecule has 0 unspecified atom stereocenters. The molecule has 3 aromatic rings. The first-order valence-corrected chi connectivity index (χ1v) is 19.1. The zero-order valence-electron chi connectivity index (χ0n) is 29.3. The molecule has 11 nitrogen and oxygen atoms in total. The molecule has 2 aliphatic heterocycles. The van der Waals surface area contributed by atoms with Gasteiger partial charge in [-0.3, -0.25) is 14.6 Å². The summed E-state index contributed by atoms with van der Waals surface area (Å²) in [5.74, 6) is -0.179. The van der Waals surface area contributed by atoms with Gasteiger partial charge >= 0.3 is 0 Å². The quantitative estimate of drug-likeness (QED) is 0.229. The smallest absolute Gasteiger partial charge is 0.264 e.